The Hall–Kier alpha value is -1.57. The summed E-state index contributed by atoms with van der Waals surface area (Å²) in [5.41, 5.74) is 2.55. The number of hydrogen-bond acceptors (Lipinski definition) is 2. The maximum absolute atomic E-state index is 11.8. The normalized spacial score (nSPS) is 14.8. The van der Waals surface area contributed by atoms with Gasteiger partial charge in [-0.25, -0.2) is 0 Å². The molecule has 0 atom stereocenters. The molecule has 2 nitrogen and oxygen atoms in total. The molecule has 0 amide bonds. The number of ketones is 1. The summed E-state index contributed by atoms with van der Waals surface area (Å²) in [7, 11) is 0. The van der Waals surface area contributed by atoms with Gasteiger partial charge in [0.05, 0.1) is 0 Å². The minimum Gasteiger partial charge on any atom is -0.508 e. The van der Waals surface area contributed by atoms with Gasteiger partial charge in [0.25, 0.3) is 0 Å². The third-order valence-corrected chi connectivity index (χ3v) is 2.85. The van der Waals surface area contributed by atoms with Gasteiger partial charge in [-0.15, -0.1) is 6.58 Å². The predicted octanol–water partition coefficient (Wildman–Crippen LogP) is 2.64. The Morgan fingerprint density at radius 2 is 2.20 bits per heavy atom. The van der Waals surface area contributed by atoms with Crippen LogP contribution in [0.3, 0.4) is 0 Å². The van der Waals surface area contributed by atoms with E-state index in [4.69, 9.17) is 0 Å². The van der Waals surface area contributed by atoms with Gasteiger partial charge in [-0.1, -0.05) is 12.1 Å². The van der Waals surface area contributed by atoms with Crippen molar-refractivity contribution >= 4 is 5.78 Å². The molecule has 0 aliphatic heterocycles. The first-order valence-electron chi connectivity index (χ1n) is 5.22. The van der Waals surface area contributed by atoms with Crippen LogP contribution in [0.1, 0.15) is 34.3 Å². The fourth-order valence-corrected chi connectivity index (χ4v) is 2.16. The average molecular weight is 202 g/mol. The number of rotatable bonds is 2. The van der Waals surface area contributed by atoms with E-state index in [2.05, 4.69) is 6.58 Å². The summed E-state index contributed by atoms with van der Waals surface area (Å²) in [6.07, 6.45) is 4.73. The second kappa shape index (κ2) is 3.89. The number of aryl methyl sites for hydroxylation is 1. The number of Topliss-reactive ketones (excluding diaryl/α,β-unsaturated/α-hetero) is 1. The van der Waals surface area contributed by atoms with Crippen LogP contribution < -0.4 is 0 Å². The van der Waals surface area contributed by atoms with E-state index in [1.165, 1.54) is 0 Å². The second-order valence-electron chi connectivity index (χ2n) is 3.87. The minimum absolute atomic E-state index is 0.156. The van der Waals surface area contributed by atoms with Crippen LogP contribution in [-0.2, 0) is 12.8 Å². The molecule has 0 radical (unpaired) electrons. The van der Waals surface area contributed by atoms with Crippen LogP contribution in [0, 0.1) is 0 Å². The van der Waals surface area contributed by atoms with E-state index >= 15 is 0 Å². The Morgan fingerprint density at radius 3 is 2.93 bits per heavy atom. The standard InChI is InChI=1S/C13H14O2/c1-2-4-10-11(14)8-7-9-5-3-6-12(15)13(9)10/h2,7-8,14H,1,3-6H2. The highest BCUT2D eigenvalue weighted by Crippen LogP contribution is 2.30. The predicted molar refractivity (Wildman–Crippen MR) is 59.3 cm³/mol. The van der Waals surface area contributed by atoms with E-state index in [9.17, 15) is 9.90 Å². The van der Waals surface area contributed by atoms with Crippen LogP contribution in [0.15, 0.2) is 24.8 Å². The lowest BCUT2D eigenvalue weighted by Gasteiger charge is -2.18. The van der Waals surface area contributed by atoms with Gasteiger partial charge in [0.1, 0.15) is 5.75 Å². The monoisotopic (exact) mass is 202 g/mol. The van der Waals surface area contributed by atoms with Gasteiger partial charge in [-0.2, -0.15) is 0 Å². The molecule has 0 unspecified atom stereocenters. The number of allylic oxidation sites excluding steroid dienone is 1. The number of phenolic OH excluding ortho intramolecular Hbond substituents is 1. The summed E-state index contributed by atoms with van der Waals surface area (Å²) in [6, 6.07) is 3.53. The van der Waals surface area contributed by atoms with Gasteiger partial charge in [0, 0.05) is 17.5 Å². The summed E-state index contributed by atoms with van der Waals surface area (Å²) >= 11 is 0. The fourth-order valence-electron chi connectivity index (χ4n) is 2.16. The summed E-state index contributed by atoms with van der Waals surface area (Å²) < 4.78 is 0. The molecule has 0 saturated carbocycles. The van der Waals surface area contributed by atoms with E-state index in [1.54, 1.807) is 12.1 Å². The number of aromatic hydroxyl groups is 1. The second-order valence-corrected chi connectivity index (χ2v) is 3.87. The molecule has 1 N–H and O–H groups in total. The smallest absolute Gasteiger partial charge is 0.163 e. The summed E-state index contributed by atoms with van der Waals surface area (Å²) in [5, 5.41) is 9.72. The van der Waals surface area contributed by atoms with Crippen molar-refractivity contribution in [2.45, 2.75) is 25.7 Å². The summed E-state index contributed by atoms with van der Waals surface area (Å²) in [6.45, 7) is 3.65. The molecule has 78 valence electrons. The van der Waals surface area contributed by atoms with Gasteiger partial charge in [0.2, 0.25) is 0 Å². The minimum atomic E-state index is 0.156. The molecule has 15 heavy (non-hydrogen) atoms. The number of hydrogen-bond donors (Lipinski definition) is 1. The van der Waals surface area contributed by atoms with Crippen LogP contribution in [0.25, 0.3) is 0 Å². The van der Waals surface area contributed by atoms with Gasteiger partial charge in [-0.05, 0) is 30.9 Å². The Balaban J connectivity index is 2.60. The molecular weight excluding hydrogens is 188 g/mol. The number of phenols is 1. The molecule has 2 heteroatoms. The van der Waals surface area contributed by atoms with E-state index < -0.39 is 0 Å². The zero-order valence-corrected chi connectivity index (χ0v) is 8.62. The van der Waals surface area contributed by atoms with Gasteiger partial charge < -0.3 is 5.11 Å². The molecule has 1 aliphatic carbocycles. The largest absolute Gasteiger partial charge is 0.508 e. The van der Waals surface area contributed by atoms with Gasteiger partial charge in [0.15, 0.2) is 5.78 Å². The highest BCUT2D eigenvalue weighted by Gasteiger charge is 2.21. The van der Waals surface area contributed by atoms with Crippen LogP contribution in [-0.4, -0.2) is 10.9 Å². The molecule has 1 aliphatic rings. The third kappa shape index (κ3) is 1.67. The van der Waals surface area contributed by atoms with Crippen molar-refractivity contribution in [2.24, 2.45) is 0 Å². The molecule has 2 rings (SSSR count). The molecule has 0 bridgehead atoms. The highest BCUT2D eigenvalue weighted by molar-refractivity contribution is 6.00. The zero-order valence-electron chi connectivity index (χ0n) is 8.62. The van der Waals surface area contributed by atoms with Crippen LogP contribution in [0.5, 0.6) is 5.75 Å². The Morgan fingerprint density at radius 1 is 1.40 bits per heavy atom. The molecule has 1 aromatic carbocycles. The maximum Gasteiger partial charge on any atom is 0.163 e. The molecule has 0 spiro atoms. The lowest BCUT2D eigenvalue weighted by molar-refractivity contribution is 0.0971. The molecule has 1 aromatic rings. The molecular formula is C13H14O2. The Labute approximate surface area is 89.2 Å². The van der Waals surface area contributed by atoms with E-state index in [0.717, 1.165) is 29.5 Å². The first kappa shape index (κ1) is 9.97. The first-order valence-corrected chi connectivity index (χ1v) is 5.22. The number of benzene rings is 1. The van der Waals surface area contributed by atoms with Crippen LogP contribution in [0.4, 0.5) is 0 Å². The van der Waals surface area contributed by atoms with Crippen LogP contribution in [0.2, 0.25) is 0 Å². The van der Waals surface area contributed by atoms with E-state index in [-0.39, 0.29) is 11.5 Å². The average Bonchev–Trinajstić information content (AvgIpc) is 2.23. The molecule has 0 saturated heterocycles. The maximum atomic E-state index is 11.8. The lowest BCUT2D eigenvalue weighted by Crippen LogP contribution is -2.13. The lowest BCUT2D eigenvalue weighted by atomic mass is 9.86. The topological polar surface area (TPSA) is 37.3 Å². The number of carbonyl (C=O) groups is 1. The van der Waals surface area contributed by atoms with Crippen molar-refractivity contribution in [3.8, 4) is 5.75 Å². The van der Waals surface area contributed by atoms with Gasteiger partial charge in [-0.3, -0.25) is 4.79 Å². The molecule has 0 fully saturated rings. The highest BCUT2D eigenvalue weighted by atomic mass is 16.3. The third-order valence-electron chi connectivity index (χ3n) is 2.85. The fraction of sp³-hybridized carbons (Fsp3) is 0.308. The SMILES string of the molecule is C=CCc1c(O)ccc2c1C(=O)CCC2. The van der Waals surface area contributed by atoms with Crippen molar-refractivity contribution in [1.29, 1.82) is 0 Å². The quantitative estimate of drug-likeness (QED) is 0.748. The zero-order chi connectivity index (χ0) is 10.8. The Kier molecular flexibility index (Phi) is 2.58. The molecule has 0 heterocycles. The summed E-state index contributed by atoms with van der Waals surface area (Å²) in [4.78, 5) is 11.8. The van der Waals surface area contributed by atoms with Gasteiger partial charge >= 0.3 is 0 Å². The van der Waals surface area contributed by atoms with Crippen molar-refractivity contribution in [1.82, 2.24) is 0 Å². The number of fused-ring (bicyclic) bond motifs is 1. The van der Waals surface area contributed by atoms with Crippen molar-refractivity contribution in [3.05, 3.63) is 41.5 Å². The van der Waals surface area contributed by atoms with Crippen molar-refractivity contribution < 1.29 is 9.90 Å². The first-order chi connectivity index (χ1) is 7.24. The van der Waals surface area contributed by atoms with E-state index in [1.807, 2.05) is 6.07 Å². The molecule has 0 aromatic heterocycles. The summed E-state index contributed by atoms with van der Waals surface area (Å²) in [5.74, 6) is 0.368. The Bertz CT molecular complexity index is 419. The number of carbonyl (C=O) groups excluding carboxylic acids is 1. The van der Waals surface area contributed by atoms with Crippen molar-refractivity contribution in [2.75, 3.05) is 0 Å². The van der Waals surface area contributed by atoms with Crippen molar-refractivity contribution in [3.63, 3.8) is 0 Å². The van der Waals surface area contributed by atoms with E-state index in [0.29, 0.717) is 12.8 Å². The van der Waals surface area contributed by atoms with Crippen LogP contribution >= 0.6 is 0 Å².